The van der Waals surface area contributed by atoms with Crippen LogP contribution >= 0.6 is 0 Å². The van der Waals surface area contributed by atoms with Gasteiger partial charge in [-0.2, -0.15) is 0 Å². The lowest BCUT2D eigenvalue weighted by Crippen LogP contribution is -2.28. The molecule has 0 heterocycles. The molecule has 20 heavy (non-hydrogen) atoms. The third-order valence-electron chi connectivity index (χ3n) is 2.70. The standard InChI is InChI=1S/C14H20N2O4/c1-10-3-4-11(14(18)19)12(9-10)15-6-5-13(17)16-7-8-20-2/h3-4,9,15H,5-8H2,1-2H3,(H,16,17)(H,18,19). The molecule has 0 aromatic heterocycles. The molecule has 3 N–H and O–H groups in total. The van der Waals surface area contributed by atoms with Crippen LogP contribution in [0.3, 0.4) is 0 Å². The molecule has 0 saturated carbocycles. The first-order valence-corrected chi connectivity index (χ1v) is 6.38. The molecule has 1 amide bonds. The van der Waals surface area contributed by atoms with Crippen LogP contribution in [0, 0.1) is 6.92 Å². The van der Waals surface area contributed by atoms with Crippen LogP contribution in [0.5, 0.6) is 0 Å². The van der Waals surface area contributed by atoms with Crippen LogP contribution in [0.4, 0.5) is 5.69 Å². The van der Waals surface area contributed by atoms with Crippen molar-refractivity contribution in [1.82, 2.24) is 5.32 Å². The van der Waals surface area contributed by atoms with Gasteiger partial charge >= 0.3 is 5.97 Å². The molecule has 0 aliphatic carbocycles. The Morgan fingerprint density at radius 2 is 2.05 bits per heavy atom. The molecule has 0 radical (unpaired) electrons. The van der Waals surface area contributed by atoms with E-state index < -0.39 is 5.97 Å². The van der Waals surface area contributed by atoms with Crippen LogP contribution in [0.25, 0.3) is 0 Å². The van der Waals surface area contributed by atoms with Crippen molar-refractivity contribution in [3.63, 3.8) is 0 Å². The highest BCUT2D eigenvalue weighted by atomic mass is 16.5. The average molecular weight is 280 g/mol. The molecule has 0 bridgehead atoms. The number of aryl methyl sites for hydroxylation is 1. The van der Waals surface area contributed by atoms with Gasteiger partial charge in [-0.15, -0.1) is 0 Å². The van der Waals surface area contributed by atoms with Gasteiger partial charge in [-0.05, 0) is 24.6 Å². The van der Waals surface area contributed by atoms with E-state index in [1.165, 1.54) is 0 Å². The maximum absolute atomic E-state index is 11.5. The fraction of sp³-hybridized carbons (Fsp3) is 0.429. The van der Waals surface area contributed by atoms with E-state index in [4.69, 9.17) is 9.84 Å². The van der Waals surface area contributed by atoms with Crippen molar-refractivity contribution >= 4 is 17.6 Å². The molecule has 0 unspecified atom stereocenters. The van der Waals surface area contributed by atoms with Crippen LogP contribution < -0.4 is 10.6 Å². The summed E-state index contributed by atoms with van der Waals surface area (Å²) in [5.74, 6) is -1.09. The molecule has 6 heteroatoms. The topological polar surface area (TPSA) is 87.7 Å². The third-order valence-corrected chi connectivity index (χ3v) is 2.70. The largest absolute Gasteiger partial charge is 0.478 e. The van der Waals surface area contributed by atoms with Crippen molar-refractivity contribution in [3.05, 3.63) is 29.3 Å². The molecule has 110 valence electrons. The van der Waals surface area contributed by atoms with E-state index in [2.05, 4.69) is 10.6 Å². The molecular weight excluding hydrogens is 260 g/mol. The number of hydrogen-bond acceptors (Lipinski definition) is 4. The van der Waals surface area contributed by atoms with E-state index in [0.717, 1.165) is 5.56 Å². The molecule has 1 aromatic carbocycles. The summed E-state index contributed by atoms with van der Waals surface area (Å²) in [7, 11) is 1.57. The van der Waals surface area contributed by atoms with Crippen molar-refractivity contribution < 1.29 is 19.4 Å². The second-order valence-corrected chi connectivity index (χ2v) is 4.37. The minimum absolute atomic E-state index is 0.0981. The van der Waals surface area contributed by atoms with Crippen molar-refractivity contribution in [3.8, 4) is 0 Å². The summed E-state index contributed by atoms with van der Waals surface area (Å²) < 4.78 is 4.83. The van der Waals surface area contributed by atoms with Gasteiger partial charge in [0.05, 0.1) is 12.2 Å². The van der Waals surface area contributed by atoms with Crippen LogP contribution in [0.2, 0.25) is 0 Å². The zero-order chi connectivity index (χ0) is 15.0. The summed E-state index contributed by atoms with van der Waals surface area (Å²) in [4.78, 5) is 22.5. The summed E-state index contributed by atoms with van der Waals surface area (Å²) in [6.45, 7) is 3.21. The Morgan fingerprint density at radius 3 is 2.70 bits per heavy atom. The number of nitrogens with one attached hydrogen (secondary N) is 2. The number of amides is 1. The smallest absolute Gasteiger partial charge is 0.337 e. The molecule has 0 aliphatic rings. The van der Waals surface area contributed by atoms with Gasteiger partial charge in [-0.1, -0.05) is 6.07 Å². The zero-order valence-corrected chi connectivity index (χ0v) is 11.7. The van der Waals surface area contributed by atoms with Crippen molar-refractivity contribution in [2.75, 3.05) is 32.1 Å². The van der Waals surface area contributed by atoms with Gasteiger partial charge in [-0.25, -0.2) is 4.79 Å². The van der Waals surface area contributed by atoms with Crippen molar-refractivity contribution in [2.24, 2.45) is 0 Å². The number of aromatic carboxylic acids is 1. The monoisotopic (exact) mass is 280 g/mol. The van der Waals surface area contributed by atoms with Gasteiger partial charge < -0.3 is 20.5 Å². The lowest BCUT2D eigenvalue weighted by Gasteiger charge is -2.10. The Morgan fingerprint density at radius 1 is 1.30 bits per heavy atom. The van der Waals surface area contributed by atoms with E-state index in [9.17, 15) is 9.59 Å². The van der Waals surface area contributed by atoms with Crippen molar-refractivity contribution in [2.45, 2.75) is 13.3 Å². The summed E-state index contributed by atoms with van der Waals surface area (Å²) in [6, 6.07) is 5.05. The Kier molecular flexibility index (Phi) is 6.52. The predicted molar refractivity (Wildman–Crippen MR) is 76.1 cm³/mol. The number of carboxylic acid groups (broad SMARTS) is 1. The van der Waals surface area contributed by atoms with Gasteiger partial charge in [0.1, 0.15) is 0 Å². The summed E-state index contributed by atoms with van der Waals surface area (Å²) in [6.07, 6.45) is 0.275. The van der Waals surface area contributed by atoms with Gasteiger partial charge in [0.2, 0.25) is 5.91 Å². The average Bonchev–Trinajstić information content (AvgIpc) is 2.38. The van der Waals surface area contributed by atoms with Crippen LogP contribution in [0.15, 0.2) is 18.2 Å². The fourth-order valence-corrected chi connectivity index (χ4v) is 1.68. The predicted octanol–water partition coefficient (Wildman–Crippen LogP) is 1.26. The first-order chi connectivity index (χ1) is 9.54. The number of carbonyl (C=O) groups is 2. The van der Waals surface area contributed by atoms with Gasteiger partial charge in [0.25, 0.3) is 0 Å². The lowest BCUT2D eigenvalue weighted by molar-refractivity contribution is -0.121. The minimum atomic E-state index is -0.989. The summed E-state index contributed by atoms with van der Waals surface area (Å²) >= 11 is 0. The van der Waals surface area contributed by atoms with Gasteiger partial charge in [0, 0.05) is 32.3 Å². The highest BCUT2D eigenvalue weighted by Gasteiger charge is 2.10. The number of rotatable bonds is 8. The number of methoxy groups -OCH3 is 1. The van der Waals surface area contributed by atoms with Gasteiger partial charge in [-0.3, -0.25) is 4.79 Å². The molecule has 1 aromatic rings. The van der Waals surface area contributed by atoms with E-state index in [1.54, 1.807) is 25.3 Å². The van der Waals surface area contributed by atoms with E-state index >= 15 is 0 Å². The van der Waals surface area contributed by atoms with Crippen LogP contribution in [0.1, 0.15) is 22.3 Å². The molecule has 6 nitrogen and oxygen atoms in total. The summed E-state index contributed by atoms with van der Waals surface area (Å²) in [5, 5.41) is 14.8. The molecular formula is C14H20N2O4. The normalized spacial score (nSPS) is 10.1. The van der Waals surface area contributed by atoms with Crippen LogP contribution in [-0.2, 0) is 9.53 Å². The number of hydrogen-bond donors (Lipinski definition) is 3. The zero-order valence-electron chi connectivity index (χ0n) is 11.7. The quantitative estimate of drug-likeness (QED) is 0.624. The number of ether oxygens (including phenoxy) is 1. The Hall–Kier alpha value is -2.08. The molecule has 0 aliphatic heterocycles. The third kappa shape index (κ3) is 5.27. The number of carboxylic acids is 1. The fourth-order valence-electron chi connectivity index (χ4n) is 1.68. The van der Waals surface area contributed by atoms with Gasteiger partial charge in [0.15, 0.2) is 0 Å². The highest BCUT2D eigenvalue weighted by Crippen LogP contribution is 2.17. The molecule has 0 spiro atoms. The van der Waals surface area contributed by atoms with E-state index in [-0.39, 0.29) is 17.9 Å². The van der Waals surface area contributed by atoms with E-state index in [0.29, 0.717) is 25.4 Å². The molecule has 0 saturated heterocycles. The minimum Gasteiger partial charge on any atom is -0.478 e. The maximum atomic E-state index is 11.5. The van der Waals surface area contributed by atoms with Crippen LogP contribution in [-0.4, -0.2) is 43.8 Å². The number of carbonyl (C=O) groups excluding carboxylic acids is 1. The Labute approximate surface area is 118 Å². The molecule has 0 fully saturated rings. The lowest BCUT2D eigenvalue weighted by atomic mass is 10.1. The second-order valence-electron chi connectivity index (χ2n) is 4.37. The Balaban J connectivity index is 2.47. The van der Waals surface area contributed by atoms with E-state index in [1.807, 2.05) is 6.92 Å². The highest BCUT2D eigenvalue weighted by molar-refractivity contribution is 5.94. The second kappa shape index (κ2) is 8.16. The maximum Gasteiger partial charge on any atom is 0.337 e. The number of anilines is 1. The Bertz CT molecular complexity index is 474. The van der Waals surface area contributed by atoms with Crippen molar-refractivity contribution in [1.29, 1.82) is 0 Å². The first kappa shape index (κ1) is 16.0. The summed E-state index contributed by atoms with van der Waals surface area (Å²) in [5.41, 5.74) is 1.69. The number of benzene rings is 1. The molecule has 1 rings (SSSR count). The first-order valence-electron chi connectivity index (χ1n) is 6.38. The SMILES string of the molecule is COCCNC(=O)CCNc1cc(C)ccc1C(=O)O. The molecule has 0 atom stereocenters.